The summed E-state index contributed by atoms with van der Waals surface area (Å²) < 4.78 is 5.41. The summed E-state index contributed by atoms with van der Waals surface area (Å²) >= 11 is 0. The fraction of sp³-hybridized carbons (Fsp3) is 0.250. The molecule has 2 heterocycles. The highest BCUT2D eigenvalue weighted by Gasteiger charge is 2.26. The third kappa shape index (κ3) is 4.30. The first-order chi connectivity index (χ1) is 14.1. The van der Waals surface area contributed by atoms with Crippen molar-refractivity contribution in [2.75, 3.05) is 26.2 Å². The first-order valence-electron chi connectivity index (χ1n) is 9.86. The molecule has 0 unspecified atom stereocenters. The molecule has 1 aliphatic heterocycles. The number of aryl methyl sites for hydroxylation is 1. The first-order valence-corrected chi connectivity index (χ1v) is 9.86. The topological polar surface area (TPSA) is 53.8 Å². The van der Waals surface area contributed by atoms with Gasteiger partial charge in [0, 0.05) is 37.3 Å². The van der Waals surface area contributed by atoms with Crippen molar-refractivity contribution in [2.45, 2.75) is 13.5 Å². The first kappa shape index (κ1) is 19.2. The van der Waals surface area contributed by atoms with Crippen LogP contribution in [-0.2, 0) is 6.54 Å². The highest BCUT2D eigenvalue weighted by Crippen LogP contribution is 2.19. The number of carbonyl (C=O) groups is 2. The van der Waals surface area contributed by atoms with E-state index < -0.39 is 0 Å². The predicted molar refractivity (Wildman–Crippen MR) is 111 cm³/mol. The van der Waals surface area contributed by atoms with Gasteiger partial charge < -0.3 is 9.32 Å². The van der Waals surface area contributed by atoms with Crippen LogP contribution >= 0.6 is 0 Å². The van der Waals surface area contributed by atoms with E-state index in [1.54, 1.807) is 24.5 Å². The van der Waals surface area contributed by atoms with Gasteiger partial charge in [0.2, 0.25) is 0 Å². The number of ketones is 1. The fourth-order valence-corrected chi connectivity index (χ4v) is 3.63. The van der Waals surface area contributed by atoms with Crippen molar-refractivity contribution in [1.29, 1.82) is 0 Å². The number of benzene rings is 2. The minimum Gasteiger partial charge on any atom is -0.468 e. The van der Waals surface area contributed by atoms with Gasteiger partial charge in [-0.2, -0.15) is 0 Å². The number of rotatable bonds is 5. The Bertz CT molecular complexity index is 985. The second-order valence-corrected chi connectivity index (χ2v) is 7.39. The van der Waals surface area contributed by atoms with E-state index in [0.29, 0.717) is 29.8 Å². The molecule has 0 radical (unpaired) electrons. The zero-order chi connectivity index (χ0) is 20.2. The summed E-state index contributed by atoms with van der Waals surface area (Å²) in [6, 6.07) is 18.4. The van der Waals surface area contributed by atoms with Crippen LogP contribution in [-0.4, -0.2) is 47.7 Å². The molecule has 0 N–H and O–H groups in total. The van der Waals surface area contributed by atoms with Gasteiger partial charge in [-0.25, -0.2) is 0 Å². The van der Waals surface area contributed by atoms with Crippen molar-refractivity contribution in [3.8, 4) is 0 Å². The van der Waals surface area contributed by atoms with Crippen LogP contribution in [0, 0.1) is 6.92 Å². The SMILES string of the molecule is Cc1ccc(C(=O)c2ccccc2C(=O)N2CCN(Cc3ccco3)CC2)cc1. The Morgan fingerprint density at radius 1 is 0.862 bits per heavy atom. The second kappa shape index (κ2) is 8.45. The maximum atomic E-state index is 13.2. The Hall–Kier alpha value is -3.18. The molecule has 0 aliphatic carbocycles. The van der Waals surface area contributed by atoms with Crippen molar-refractivity contribution in [2.24, 2.45) is 0 Å². The third-order valence-electron chi connectivity index (χ3n) is 5.33. The smallest absolute Gasteiger partial charge is 0.254 e. The van der Waals surface area contributed by atoms with E-state index in [1.165, 1.54) is 0 Å². The van der Waals surface area contributed by atoms with Crippen LogP contribution in [0.4, 0.5) is 0 Å². The number of carbonyl (C=O) groups excluding carboxylic acids is 2. The lowest BCUT2D eigenvalue weighted by Gasteiger charge is -2.34. The molecule has 0 bridgehead atoms. The van der Waals surface area contributed by atoms with Crippen molar-refractivity contribution < 1.29 is 14.0 Å². The van der Waals surface area contributed by atoms with E-state index in [9.17, 15) is 9.59 Å². The van der Waals surface area contributed by atoms with Crippen LogP contribution in [0.5, 0.6) is 0 Å². The van der Waals surface area contributed by atoms with E-state index in [1.807, 2.05) is 54.3 Å². The fourth-order valence-electron chi connectivity index (χ4n) is 3.63. The highest BCUT2D eigenvalue weighted by molar-refractivity contribution is 6.15. The van der Waals surface area contributed by atoms with Gasteiger partial charge >= 0.3 is 0 Å². The molecule has 3 aromatic rings. The maximum absolute atomic E-state index is 13.2. The van der Waals surface area contributed by atoms with Crippen LogP contribution in [0.3, 0.4) is 0 Å². The van der Waals surface area contributed by atoms with Gasteiger partial charge in [-0.15, -0.1) is 0 Å². The number of furan rings is 1. The molecule has 1 aliphatic rings. The summed E-state index contributed by atoms with van der Waals surface area (Å²) in [7, 11) is 0. The van der Waals surface area contributed by atoms with Crippen molar-refractivity contribution in [3.05, 3.63) is 94.9 Å². The molecule has 2 aromatic carbocycles. The molecule has 29 heavy (non-hydrogen) atoms. The summed E-state index contributed by atoms with van der Waals surface area (Å²) in [5, 5.41) is 0. The molecule has 1 saturated heterocycles. The van der Waals surface area contributed by atoms with Crippen LogP contribution in [0.25, 0.3) is 0 Å². The lowest BCUT2D eigenvalue weighted by Crippen LogP contribution is -2.48. The van der Waals surface area contributed by atoms with E-state index in [0.717, 1.165) is 31.0 Å². The maximum Gasteiger partial charge on any atom is 0.254 e. The zero-order valence-corrected chi connectivity index (χ0v) is 16.5. The number of amides is 1. The quantitative estimate of drug-likeness (QED) is 0.624. The molecule has 0 atom stereocenters. The van der Waals surface area contributed by atoms with E-state index in [4.69, 9.17) is 4.42 Å². The lowest BCUT2D eigenvalue weighted by molar-refractivity contribution is 0.0617. The Labute approximate surface area is 170 Å². The summed E-state index contributed by atoms with van der Waals surface area (Å²) in [5.74, 6) is 0.725. The molecule has 0 saturated carbocycles. The molecule has 5 nitrogen and oxygen atoms in total. The van der Waals surface area contributed by atoms with Crippen LogP contribution in [0.2, 0.25) is 0 Å². The van der Waals surface area contributed by atoms with Gasteiger partial charge in [0.15, 0.2) is 5.78 Å². The molecule has 1 amide bonds. The number of hydrogen-bond donors (Lipinski definition) is 0. The average Bonchev–Trinajstić information content (AvgIpc) is 3.27. The Kier molecular flexibility index (Phi) is 5.58. The standard InChI is InChI=1S/C24H24N2O3/c1-18-8-10-19(11-9-18)23(27)21-6-2-3-7-22(21)24(28)26-14-12-25(13-15-26)17-20-5-4-16-29-20/h2-11,16H,12-15,17H2,1H3. The van der Waals surface area contributed by atoms with Gasteiger partial charge in [-0.05, 0) is 25.1 Å². The Morgan fingerprint density at radius 3 is 2.21 bits per heavy atom. The highest BCUT2D eigenvalue weighted by atomic mass is 16.3. The number of hydrogen-bond acceptors (Lipinski definition) is 4. The van der Waals surface area contributed by atoms with Gasteiger partial charge in [-0.1, -0.05) is 48.0 Å². The molecular weight excluding hydrogens is 364 g/mol. The van der Waals surface area contributed by atoms with Crippen LogP contribution < -0.4 is 0 Å². The molecule has 4 rings (SSSR count). The summed E-state index contributed by atoms with van der Waals surface area (Å²) in [5.41, 5.74) is 2.62. The summed E-state index contributed by atoms with van der Waals surface area (Å²) in [6.45, 7) is 5.55. The van der Waals surface area contributed by atoms with Gasteiger partial charge in [0.1, 0.15) is 5.76 Å². The monoisotopic (exact) mass is 388 g/mol. The zero-order valence-electron chi connectivity index (χ0n) is 16.5. The molecule has 148 valence electrons. The average molecular weight is 388 g/mol. The van der Waals surface area contributed by atoms with E-state index in [2.05, 4.69) is 4.90 Å². The number of nitrogens with zero attached hydrogens (tertiary/aromatic N) is 2. The minimum atomic E-state index is -0.120. The van der Waals surface area contributed by atoms with Crippen LogP contribution in [0.15, 0.2) is 71.3 Å². The molecular formula is C24H24N2O3. The Balaban J connectivity index is 1.47. The molecule has 5 heteroatoms. The van der Waals surface area contributed by atoms with Crippen molar-refractivity contribution in [1.82, 2.24) is 9.80 Å². The van der Waals surface area contributed by atoms with Gasteiger partial charge in [-0.3, -0.25) is 14.5 Å². The van der Waals surface area contributed by atoms with E-state index >= 15 is 0 Å². The molecule has 0 spiro atoms. The van der Waals surface area contributed by atoms with Gasteiger partial charge in [0.05, 0.1) is 18.4 Å². The summed E-state index contributed by atoms with van der Waals surface area (Å²) in [6.07, 6.45) is 1.68. The predicted octanol–water partition coefficient (Wildman–Crippen LogP) is 3.78. The van der Waals surface area contributed by atoms with Crippen molar-refractivity contribution in [3.63, 3.8) is 0 Å². The minimum absolute atomic E-state index is 0.0845. The third-order valence-corrected chi connectivity index (χ3v) is 5.33. The molecule has 1 aromatic heterocycles. The van der Waals surface area contributed by atoms with Crippen LogP contribution in [0.1, 0.15) is 37.6 Å². The van der Waals surface area contributed by atoms with Gasteiger partial charge in [0.25, 0.3) is 5.91 Å². The molecule has 1 fully saturated rings. The normalized spacial score (nSPS) is 14.7. The summed E-state index contributed by atoms with van der Waals surface area (Å²) in [4.78, 5) is 30.3. The van der Waals surface area contributed by atoms with E-state index in [-0.39, 0.29) is 11.7 Å². The Morgan fingerprint density at radius 2 is 1.55 bits per heavy atom. The second-order valence-electron chi connectivity index (χ2n) is 7.39. The lowest BCUT2D eigenvalue weighted by atomic mass is 9.97. The number of piperazine rings is 1. The van der Waals surface area contributed by atoms with Crippen molar-refractivity contribution >= 4 is 11.7 Å². The largest absolute Gasteiger partial charge is 0.468 e.